The van der Waals surface area contributed by atoms with Gasteiger partial charge in [0.05, 0.1) is 0 Å². The van der Waals surface area contributed by atoms with E-state index in [1.165, 1.54) is 6.92 Å². The Morgan fingerprint density at radius 2 is 1.94 bits per heavy atom. The van der Waals surface area contributed by atoms with Gasteiger partial charge in [0.15, 0.2) is 0 Å². The van der Waals surface area contributed by atoms with Crippen molar-refractivity contribution in [3.63, 3.8) is 0 Å². The maximum atomic E-state index is 12.7. The van der Waals surface area contributed by atoms with Gasteiger partial charge in [-0.25, -0.2) is 0 Å². The second-order valence-electron chi connectivity index (χ2n) is 3.76. The molecule has 0 heterocycles. The molecule has 0 aliphatic rings. The average molecular weight is 249 g/mol. The molecule has 0 amide bonds. The van der Waals surface area contributed by atoms with E-state index in [0.29, 0.717) is 4.90 Å². The highest BCUT2D eigenvalue weighted by Crippen LogP contribution is 2.36. The van der Waals surface area contributed by atoms with Gasteiger partial charge in [-0.15, -0.1) is 11.8 Å². The van der Waals surface area contributed by atoms with Crippen LogP contribution in [0.25, 0.3) is 0 Å². The lowest BCUT2D eigenvalue weighted by Crippen LogP contribution is -2.40. The van der Waals surface area contributed by atoms with Crippen molar-refractivity contribution in [2.75, 3.05) is 0 Å². The molecular formula is C11H14F3NS. The summed E-state index contributed by atoms with van der Waals surface area (Å²) >= 11 is 0.768. The Morgan fingerprint density at radius 3 is 2.38 bits per heavy atom. The number of rotatable bonds is 3. The number of halogens is 3. The summed E-state index contributed by atoms with van der Waals surface area (Å²) < 4.78 is 38.0. The zero-order chi connectivity index (χ0) is 12.3. The smallest absolute Gasteiger partial charge is 0.327 e. The van der Waals surface area contributed by atoms with Crippen LogP contribution >= 0.6 is 11.8 Å². The minimum Gasteiger partial charge on any atom is -0.327 e. The van der Waals surface area contributed by atoms with Gasteiger partial charge in [0.2, 0.25) is 0 Å². The summed E-state index contributed by atoms with van der Waals surface area (Å²) in [5.41, 5.74) is 6.31. The molecule has 0 aliphatic heterocycles. The fraction of sp³-hybridized carbons (Fsp3) is 0.455. The second-order valence-corrected chi connectivity index (χ2v) is 4.97. The van der Waals surface area contributed by atoms with Gasteiger partial charge < -0.3 is 5.73 Å². The first-order chi connectivity index (χ1) is 7.30. The van der Waals surface area contributed by atoms with Crippen LogP contribution in [0, 0.1) is 6.92 Å². The number of aryl methyl sites for hydroxylation is 1. The third-order valence-corrected chi connectivity index (χ3v) is 3.53. The van der Waals surface area contributed by atoms with Gasteiger partial charge in [-0.1, -0.05) is 17.7 Å². The van der Waals surface area contributed by atoms with Crippen LogP contribution in [0.5, 0.6) is 0 Å². The van der Waals surface area contributed by atoms with Crippen molar-refractivity contribution >= 4 is 11.8 Å². The van der Waals surface area contributed by atoms with Gasteiger partial charge in [0.25, 0.3) is 0 Å². The maximum Gasteiger partial charge on any atom is 0.402 e. The van der Waals surface area contributed by atoms with Crippen molar-refractivity contribution in [1.29, 1.82) is 0 Å². The van der Waals surface area contributed by atoms with E-state index in [-0.39, 0.29) is 0 Å². The predicted molar refractivity (Wildman–Crippen MR) is 60.5 cm³/mol. The topological polar surface area (TPSA) is 26.0 Å². The molecular weight excluding hydrogens is 235 g/mol. The zero-order valence-corrected chi connectivity index (χ0v) is 9.90. The molecule has 1 rings (SSSR count). The van der Waals surface area contributed by atoms with Crippen LogP contribution in [-0.2, 0) is 0 Å². The highest BCUT2D eigenvalue weighted by Gasteiger charge is 2.42. The van der Waals surface area contributed by atoms with E-state index in [2.05, 4.69) is 0 Å². The molecule has 90 valence electrons. The standard InChI is InChI=1S/C11H14F3NS/c1-7-4-3-5-9(6-7)16-10(8(2)15)11(12,13)14/h3-6,8,10H,15H2,1-2H3. The summed E-state index contributed by atoms with van der Waals surface area (Å²) in [6, 6.07) is 6.06. The molecule has 1 aromatic rings. The fourth-order valence-corrected chi connectivity index (χ4v) is 2.36. The first kappa shape index (κ1) is 13.4. The molecule has 5 heteroatoms. The summed E-state index contributed by atoms with van der Waals surface area (Å²) in [4.78, 5) is 0.597. The summed E-state index contributed by atoms with van der Waals surface area (Å²) in [6.07, 6.45) is -4.28. The van der Waals surface area contributed by atoms with Gasteiger partial charge in [-0.05, 0) is 26.0 Å². The summed E-state index contributed by atoms with van der Waals surface area (Å²) in [5.74, 6) is 0. The molecule has 0 fully saturated rings. The number of nitrogens with two attached hydrogens (primary N) is 1. The molecule has 16 heavy (non-hydrogen) atoms. The molecule has 1 aromatic carbocycles. The molecule has 0 aliphatic carbocycles. The molecule has 2 unspecified atom stereocenters. The fourth-order valence-electron chi connectivity index (χ4n) is 1.31. The van der Waals surface area contributed by atoms with Crippen LogP contribution < -0.4 is 5.73 Å². The Hall–Kier alpha value is -0.680. The highest BCUT2D eigenvalue weighted by molar-refractivity contribution is 8.00. The van der Waals surface area contributed by atoms with E-state index < -0.39 is 17.5 Å². The molecule has 1 nitrogen and oxygen atoms in total. The lowest BCUT2D eigenvalue weighted by molar-refractivity contribution is -0.131. The Balaban J connectivity index is 2.84. The first-order valence-corrected chi connectivity index (χ1v) is 5.74. The Kier molecular flexibility index (Phi) is 4.27. The number of hydrogen-bond donors (Lipinski definition) is 1. The van der Waals surface area contributed by atoms with Gasteiger partial charge in [-0.2, -0.15) is 13.2 Å². The number of thioether (sulfide) groups is 1. The molecule has 0 saturated carbocycles. The maximum absolute atomic E-state index is 12.7. The van der Waals surface area contributed by atoms with E-state index in [9.17, 15) is 13.2 Å². The van der Waals surface area contributed by atoms with Crippen molar-refractivity contribution in [3.05, 3.63) is 29.8 Å². The quantitative estimate of drug-likeness (QED) is 0.831. The number of hydrogen-bond acceptors (Lipinski definition) is 2. The summed E-state index contributed by atoms with van der Waals surface area (Å²) in [7, 11) is 0. The van der Waals surface area contributed by atoms with Crippen molar-refractivity contribution < 1.29 is 13.2 Å². The minimum absolute atomic E-state index is 0.597. The van der Waals surface area contributed by atoms with Crippen LogP contribution in [0.15, 0.2) is 29.2 Å². The molecule has 0 saturated heterocycles. The van der Waals surface area contributed by atoms with E-state index in [0.717, 1.165) is 17.3 Å². The van der Waals surface area contributed by atoms with Crippen molar-refractivity contribution in [3.8, 4) is 0 Å². The van der Waals surface area contributed by atoms with Crippen LogP contribution in [0.1, 0.15) is 12.5 Å². The molecule has 0 bridgehead atoms. The number of alkyl halides is 3. The normalized spacial score (nSPS) is 15.9. The van der Waals surface area contributed by atoms with Crippen LogP contribution in [-0.4, -0.2) is 17.5 Å². The second kappa shape index (κ2) is 5.10. The lowest BCUT2D eigenvalue weighted by atomic mass is 10.2. The van der Waals surface area contributed by atoms with Gasteiger partial charge in [0.1, 0.15) is 5.25 Å². The molecule has 2 atom stereocenters. The van der Waals surface area contributed by atoms with E-state index in [1.54, 1.807) is 18.2 Å². The van der Waals surface area contributed by atoms with Crippen molar-refractivity contribution in [2.24, 2.45) is 5.73 Å². The SMILES string of the molecule is Cc1cccc(SC(C(C)N)C(F)(F)F)c1. The monoisotopic (exact) mass is 249 g/mol. The third-order valence-electron chi connectivity index (χ3n) is 2.05. The van der Waals surface area contributed by atoms with Crippen LogP contribution in [0.2, 0.25) is 0 Å². The minimum atomic E-state index is -4.28. The molecule has 0 radical (unpaired) electrons. The molecule has 0 aromatic heterocycles. The van der Waals surface area contributed by atoms with E-state index >= 15 is 0 Å². The Bertz CT molecular complexity index is 349. The number of benzene rings is 1. The van der Waals surface area contributed by atoms with E-state index in [4.69, 9.17) is 5.73 Å². The highest BCUT2D eigenvalue weighted by atomic mass is 32.2. The van der Waals surface area contributed by atoms with Gasteiger partial charge in [-0.3, -0.25) is 0 Å². The Labute approximate surface area is 97.2 Å². The van der Waals surface area contributed by atoms with Crippen molar-refractivity contribution in [2.45, 2.75) is 36.2 Å². The average Bonchev–Trinajstić information content (AvgIpc) is 2.12. The third kappa shape index (κ3) is 3.72. The summed E-state index contributed by atoms with van der Waals surface area (Å²) in [6.45, 7) is 3.22. The Morgan fingerprint density at radius 1 is 1.31 bits per heavy atom. The van der Waals surface area contributed by atoms with E-state index in [1.807, 2.05) is 13.0 Å². The van der Waals surface area contributed by atoms with Gasteiger partial charge in [0, 0.05) is 10.9 Å². The van der Waals surface area contributed by atoms with Crippen LogP contribution in [0.3, 0.4) is 0 Å². The molecule has 0 spiro atoms. The van der Waals surface area contributed by atoms with Gasteiger partial charge >= 0.3 is 6.18 Å². The first-order valence-electron chi connectivity index (χ1n) is 4.86. The van der Waals surface area contributed by atoms with Crippen LogP contribution in [0.4, 0.5) is 13.2 Å². The summed E-state index contributed by atoms with van der Waals surface area (Å²) in [5, 5.41) is -1.56. The predicted octanol–water partition coefficient (Wildman–Crippen LogP) is 3.37. The van der Waals surface area contributed by atoms with Crippen molar-refractivity contribution in [1.82, 2.24) is 0 Å². The zero-order valence-electron chi connectivity index (χ0n) is 9.08. The largest absolute Gasteiger partial charge is 0.402 e. The molecule has 2 N–H and O–H groups in total. The lowest BCUT2D eigenvalue weighted by Gasteiger charge is -2.23.